The number of aliphatic hydroxyl groups is 1. The summed E-state index contributed by atoms with van der Waals surface area (Å²) in [5.41, 5.74) is 6.38. The molecule has 1 N–H and O–H groups in total. The number of halogens is 1. The van der Waals surface area contributed by atoms with Gasteiger partial charge < -0.3 is 19.8 Å². The second kappa shape index (κ2) is 10.3. The van der Waals surface area contributed by atoms with Crippen LogP contribution in [0.1, 0.15) is 42.5 Å². The molecule has 11 heteroatoms. The lowest BCUT2D eigenvalue weighted by Gasteiger charge is -2.38. The first-order chi connectivity index (χ1) is 20.7. The molecule has 3 fully saturated rings. The molecule has 1 aromatic carbocycles. The summed E-state index contributed by atoms with van der Waals surface area (Å²) < 4.78 is 15.5. The Balaban J connectivity index is 1.16. The number of aromatic nitrogens is 3. The van der Waals surface area contributed by atoms with E-state index in [-0.39, 0.29) is 29.2 Å². The quantitative estimate of drug-likeness (QED) is 0.336. The molecule has 43 heavy (non-hydrogen) atoms. The summed E-state index contributed by atoms with van der Waals surface area (Å²) in [5.74, 6) is -0.00833. The van der Waals surface area contributed by atoms with E-state index in [1.165, 1.54) is 23.5 Å². The van der Waals surface area contributed by atoms with E-state index >= 15 is 0 Å². The molecule has 3 aliphatic rings. The minimum atomic E-state index is -0.361. The second-order valence-electron chi connectivity index (χ2n) is 12.2. The van der Waals surface area contributed by atoms with Crippen molar-refractivity contribution in [3.8, 4) is 17.3 Å². The summed E-state index contributed by atoms with van der Waals surface area (Å²) >= 11 is 1.31. The highest BCUT2D eigenvalue weighted by Gasteiger charge is 2.60. The van der Waals surface area contributed by atoms with Gasteiger partial charge in [0.2, 0.25) is 5.91 Å². The van der Waals surface area contributed by atoms with Crippen molar-refractivity contribution in [2.45, 2.75) is 45.6 Å². The van der Waals surface area contributed by atoms with Crippen LogP contribution in [0.15, 0.2) is 36.4 Å². The maximum absolute atomic E-state index is 13.6. The van der Waals surface area contributed by atoms with Crippen LogP contribution in [0.2, 0.25) is 0 Å². The molecule has 3 aromatic heterocycles. The fraction of sp³-hybridized carbons (Fsp3) is 0.438. The number of aryl methyl sites for hydroxylation is 2. The molecule has 2 aliphatic heterocycles. The number of anilines is 3. The first-order valence-corrected chi connectivity index (χ1v) is 15.7. The van der Waals surface area contributed by atoms with Crippen LogP contribution < -0.4 is 9.80 Å². The summed E-state index contributed by atoms with van der Waals surface area (Å²) in [4.78, 5) is 24.4. The molecule has 1 atom stereocenters. The van der Waals surface area contributed by atoms with Crippen molar-refractivity contribution in [3.63, 3.8) is 0 Å². The van der Waals surface area contributed by atoms with Gasteiger partial charge in [0.15, 0.2) is 5.13 Å². The Morgan fingerprint density at radius 3 is 2.60 bits per heavy atom. The lowest BCUT2D eigenvalue weighted by Crippen LogP contribution is -2.54. The van der Waals surface area contributed by atoms with Gasteiger partial charge in [-0.3, -0.25) is 4.79 Å². The molecule has 222 valence electrons. The van der Waals surface area contributed by atoms with E-state index in [2.05, 4.69) is 36.9 Å². The van der Waals surface area contributed by atoms with E-state index in [0.717, 1.165) is 67.1 Å². The van der Waals surface area contributed by atoms with Gasteiger partial charge in [-0.1, -0.05) is 18.3 Å². The Hall–Kier alpha value is -4.01. The minimum absolute atomic E-state index is 0.102. The lowest BCUT2D eigenvalue weighted by molar-refractivity contribution is -0.143. The number of benzene rings is 1. The molecule has 1 saturated carbocycles. The number of likely N-dealkylation sites (tertiary alicyclic amines) is 1. The van der Waals surface area contributed by atoms with Crippen molar-refractivity contribution in [1.82, 2.24) is 19.5 Å². The number of carbonyl (C=O) groups is 1. The molecule has 0 radical (unpaired) electrons. The van der Waals surface area contributed by atoms with Crippen LogP contribution in [0.25, 0.3) is 16.8 Å². The number of carbonyl (C=O) groups excluding carboxylic acids is 1. The van der Waals surface area contributed by atoms with Crippen LogP contribution in [0, 0.1) is 35.4 Å². The number of nitriles is 1. The molecule has 7 rings (SSSR count). The molecule has 5 heterocycles. The van der Waals surface area contributed by atoms with Crippen LogP contribution in [0.4, 0.5) is 20.9 Å². The van der Waals surface area contributed by atoms with Crippen LogP contribution >= 0.6 is 11.3 Å². The van der Waals surface area contributed by atoms with Gasteiger partial charge in [-0.25, -0.2) is 13.9 Å². The summed E-state index contributed by atoms with van der Waals surface area (Å²) in [6.45, 7) is 6.89. The number of β-amino-alcohol motifs (C(OH)–C–C–N with tert-alkyl or cyclic N) is 1. The zero-order valence-corrected chi connectivity index (χ0v) is 25.4. The van der Waals surface area contributed by atoms with E-state index in [0.29, 0.717) is 34.4 Å². The maximum atomic E-state index is 13.6. The molecule has 0 bridgehead atoms. The van der Waals surface area contributed by atoms with Crippen molar-refractivity contribution in [3.05, 3.63) is 58.5 Å². The van der Waals surface area contributed by atoms with Crippen LogP contribution in [-0.2, 0) is 11.2 Å². The fourth-order valence-corrected chi connectivity index (χ4v) is 7.71. The Kier molecular flexibility index (Phi) is 6.67. The first kappa shape index (κ1) is 27.8. The number of amides is 1. The lowest BCUT2D eigenvalue weighted by atomic mass is 9.90. The number of fused-ring (bicyclic) bond motifs is 1. The molecule has 1 aliphatic carbocycles. The summed E-state index contributed by atoms with van der Waals surface area (Å²) in [5, 5.41) is 25.1. The van der Waals surface area contributed by atoms with Gasteiger partial charge >= 0.3 is 0 Å². The molecule has 1 unspecified atom stereocenters. The summed E-state index contributed by atoms with van der Waals surface area (Å²) in [6, 6.07) is 12.7. The molecule has 1 amide bonds. The predicted molar refractivity (Wildman–Crippen MR) is 164 cm³/mol. The van der Waals surface area contributed by atoms with Crippen molar-refractivity contribution in [2.24, 2.45) is 11.3 Å². The van der Waals surface area contributed by atoms with Crippen molar-refractivity contribution >= 4 is 39.3 Å². The monoisotopic (exact) mass is 599 g/mol. The number of pyridine rings is 1. The molecule has 9 nitrogen and oxygen atoms in total. The van der Waals surface area contributed by atoms with Crippen molar-refractivity contribution in [2.75, 3.05) is 43.0 Å². The van der Waals surface area contributed by atoms with E-state index in [9.17, 15) is 19.6 Å². The third-order valence-corrected chi connectivity index (χ3v) is 10.6. The average Bonchev–Trinajstić information content (AvgIpc) is 3.33. The highest BCUT2D eigenvalue weighted by atomic mass is 32.1. The SMILES string of the molecule is CCc1nn2c(C)cc(N3CCC4(CC3)CC4C(=O)N3CC(O)C3)cc2c1N(C)c1nc(-c2ccc(F)cc2)c(C#N)s1. The van der Waals surface area contributed by atoms with Gasteiger partial charge in [0.25, 0.3) is 0 Å². The second-order valence-corrected chi connectivity index (χ2v) is 13.1. The van der Waals surface area contributed by atoms with Gasteiger partial charge in [-0.2, -0.15) is 10.4 Å². The molecule has 4 aromatic rings. The first-order valence-electron chi connectivity index (χ1n) is 14.9. The van der Waals surface area contributed by atoms with Gasteiger partial charge in [-0.05, 0) is 74.4 Å². The molecular formula is C32H34FN7O2S. The number of hydrogen-bond acceptors (Lipinski definition) is 8. The molecule has 2 saturated heterocycles. The zero-order chi connectivity index (χ0) is 30.0. The fourth-order valence-electron chi connectivity index (χ4n) is 6.85. The van der Waals surface area contributed by atoms with Crippen molar-refractivity contribution in [1.29, 1.82) is 5.26 Å². The summed E-state index contributed by atoms with van der Waals surface area (Å²) in [6.07, 6.45) is 3.30. The topological polar surface area (TPSA) is 101 Å². The third kappa shape index (κ3) is 4.64. The molecule has 1 spiro atoms. The molecular weight excluding hydrogens is 565 g/mol. The highest BCUT2D eigenvalue weighted by Crippen LogP contribution is 2.60. The van der Waals surface area contributed by atoms with E-state index in [1.54, 1.807) is 17.0 Å². The Bertz CT molecular complexity index is 1760. The van der Waals surface area contributed by atoms with Crippen LogP contribution in [0.3, 0.4) is 0 Å². The largest absolute Gasteiger partial charge is 0.389 e. The number of thiazole rings is 1. The van der Waals surface area contributed by atoms with Gasteiger partial charge in [0, 0.05) is 56.1 Å². The number of rotatable bonds is 6. The number of aliphatic hydroxyl groups excluding tert-OH is 1. The predicted octanol–water partition coefficient (Wildman–Crippen LogP) is 4.92. The highest BCUT2D eigenvalue weighted by molar-refractivity contribution is 7.16. The van der Waals surface area contributed by atoms with Gasteiger partial charge in [-0.15, -0.1) is 0 Å². The number of nitrogens with zero attached hydrogens (tertiary/aromatic N) is 7. The van der Waals surface area contributed by atoms with Gasteiger partial charge in [0.1, 0.15) is 22.5 Å². The normalized spacial score (nSPS) is 19.5. The maximum Gasteiger partial charge on any atom is 0.226 e. The van der Waals surface area contributed by atoms with E-state index in [1.807, 2.05) is 16.5 Å². The standard InChI is InChI=1S/C32H34FN7O2S/c1-4-25-29(37(3)31-35-28(27(16-34)43-31)20-5-7-21(33)8-6-20)26-14-22(13-19(2)40(26)36-25)38-11-9-32(10-12-38)15-24(32)30(42)39-17-23(41)18-39/h5-8,13-14,23-24,41H,4,9-12,15,17-18H2,1-3H3. The summed E-state index contributed by atoms with van der Waals surface area (Å²) in [7, 11) is 1.96. The Labute approximate surface area is 253 Å². The number of piperidine rings is 1. The van der Waals surface area contributed by atoms with E-state index < -0.39 is 0 Å². The Morgan fingerprint density at radius 1 is 1.23 bits per heavy atom. The Morgan fingerprint density at radius 2 is 1.95 bits per heavy atom. The van der Waals surface area contributed by atoms with E-state index in [4.69, 9.17) is 10.1 Å². The smallest absolute Gasteiger partial charge is 0.226 e. The van der Waals surface area contributed by atoms with Crippen LogP contribution in [-0.4, -0.2) is 69.8 Å². The average molecular weight is 600 g/mol. The van der Waals surface area contributed by atoms with Crippen LogP contribution in [0.5, 0.6) is 0 Å². The number of hydrogen-bond donors (Lipinski definition) is 1. The minimum Gasteiger partial charge on any atom is -0.389 e. The van der Waals surface area contributed by atoms with Gasteiger partial charge in [0.05, 0.1) is 23.0 Å². The third-order valence-electron chi connectivity index (χ3n) is 9.52. The zero-order valence-electron chi connectivity index (χ0n) is 24.5. The van der Waals surface area contributed by atoms with Crippen molar-refractivity contribution < 1.29 is 14.3 Å².